The van der Waals surface area contributed by atoms with Crippen molar-refractivity contribution in [3.05, 3.63) is 146 Å². The fraction of sp³-hybridized carbons (Fsp3) is 0. The maximum Gasteiger partial charge on any atom is -0.00268 e. The molecule has 0 aliphatic heterocycles. The molecule has 8 aromatic carbocycles. The first-order chi connectivity index (χ1) is 18.8. The minimum atomic E-state index is 1.24. The van der Waals surface area contributed by atoms with Crippen LogP contribution in [0.1, 0.15) is 0 Å². The second-order valence-electron chi connectivity index (χ2n) is 10.2. The summed E-state index contributed by atoms with van der Waals surface area (Å²) < 4.78 is 0. The number of fused-ring (bicyclic) bond motifs is 8. The Labute approximate surface area is 221 Å². The van der Waals surface area contributed by atoms with Crippen LogP contribution >= 0.6 is 0 Å². The van der Waals surface area contributed by atoms with Gasteiger partial charge in [0.15, 0.2) is 0 Å². The van der Waals surface area contributed by atoms with Gasteiger partial charge in [-0.2, -0.15) is 0 Å². The van der Waals surface area contributed by atoms with E-state index in [2.05, 4.69) is 146 Å². The highest BCUT2D eigenvalue weighted by molar-refractivity contribution is 6.20. The van der Waals surface area contributed by atoms with E-state index in [-0.39, 0.29) is 0 Å². The average Bonchev–Trinajstić information content (AvgIpc) is 3.00. The first-order valence-corrected chi connectivity index (χ1v) is 13.2. The lowest BCUT2D eigenvalue weighted by molar-refractivity contribution is 1.62. The van der Waals surface area contributed by atoms with Crippen molar-refractivity contribution in [3.63, 3.8) is 0 Å². The van der Waals surface area contributed by atoms with E-state index >= 15 is 0 Å². The Bertz CT molecular complexity index is 2160. The van der Waals surface area contributed by atoms with Crippen LogP contribution in [0.3, 0.4) is 0 Å². The van der Waals surface area contributed by atoms with Crippen LogP contribution in [0.5, 0.6) is 0 Å². The Morgan fingerprint density at radius 1 is 0.237 bits per heavy atom. The highest BCUT2D eigenvalue weighted by Gasteiger charge is 2.08. The summed E-state index contributed by atoms with van der Waals surface area (Å²) in [6.45, 7) is 0. The van der Waals surface area contributed by atoms with E-state index in [0.717, 1.165) is 0 Å². The minimum Gasteiger partial charge on any atom is -0.0616 e. The standard InChI is InChI=1S/C38H24/c1-3-7-34-27(5-1)14-17-32-23-30(19-21-35(32)34)25-9-11-26(12-10-25)31-20-22-37-33(24-31)18-16-29-15-13-28-6-2-4-8-36(28)38(29)37/h1-24H. The van der Waals surface area contributed by atoms with Crippen molar-refractivity contribution in [3.8, 4) is 22.3 Å². The number of hydrogen-bond acceptors (Lipinski definition) is 0. The second-order valence-corrected chi connectivity index (χ2v) is 10.2. The molecule has 0 aliphatic carbocycles. The number of benzene rings is 8. The first-order valence-electron chi connectivity index (χ1n) is 13.2. The van der Waals surface area contributed by atoms with Crippen molar-refractivity contribution in [2.24, 2.45) is 0 Å². The molecular weight excluding hydrogens is 456 g/mol. The molecule has 0 radical (unpaired) electrons. The van der Waals surface area contributed by atoms with Crippen LogP contribution in [0.15, 0.2) is 146 Å². The molecule has 0 spiro atoms. The van der Waals surface area contributed by atoms with Crippen LogP contribution in [0.2, 0.25) is 0 Å². The molecule has 0 bridgehead atoms. The van der Waals surface area contributed by atoms with E-state index in [4.69, 9.17) is 0 Å². The molecule has 0 unspecified atom stereocenters. The molecule has 38 heavy (non-hydrogen) atoms. The zero-order valence-corrected chi connectivity index (χ0v) is 20.9. The van der Waals surface area contributed by atoms with Crippen molar-refractivity contribution in [1.82, 2.24) is 0 Å². The van der Waals surface area contributed by atoms with Gasteiger partial charge in [-0.25, -0.2) is 0 Å². The molecule has 0 atom stereocenters. The van der Waals surface area contributed by atoms with E-state index < -0.39 is 0 Å². The molecule has 0 nitrogen and oxygen atoms in total. The van der Waals surface area contributed by atoms with E-state index in [1.54, 1.807) is 0 Å². The van der Waals surface area contributed by atoms with Gasteiger partial charge in [-0.3, -0.25) is 0 Å². The summed E-state index contributed by atoms with van der Waals surface area (Å²) in [6.07, 6.45) is 0. The third kappa shape index (κ3) is 3.31. The topological polar surface area (TPSA) is 0 Å². The van der Waals surface area contributed by atoms with Gasteiger partial charge >= 0.3 is 0 Å². The smallest absolute Gasteiger partial charge is 0.00268 e. The van der Waals surface area contributed by atoms with Gasteiger partial charge in [-0.1, -0.05) is 133 Å². The monoisotopic (exact) mass is 480 g/mol. The number of rotatable bonds is 2. The lowest BCUT2D eigenvalue weighted by Gasteiger charge is -2.11. The van der Waals surface area contributed by atoms with Crippen molar-refractivity contribution < 1.29 is 0 Å². The van der Waals surface area contributed by atoms with Gasteiger partial charge in [-0.15, -0.1) is 0 Å². The van der Waals surface area contributed by atoms with E-state index in [1.807, 2.05) is 0 Å². The normalized spacial score (nSPS) is 11.7. The lowest BCUT2D eigenvalue weighted by atomic mass is 9.93. The number of hydrogen-bond donors (Lipinski definition) is 0. The Kier molecular flexibility index (Phi) is 4.62. The summed E-state index contributed by atoms with van der Waals surface area (Å²) in [7, 11) is 0. The van der Waals surface area contributed by atoms with Gasteiger partial charge in [0.05, 0.1) is 0 Å². The molecule has 0 heterocycles. The summed E-state index contributed by atoms with van der Waals surface area (Å²) in [5, 5.41) is 13.0. The first kappa shape index (κ1) is 21.2. The Balaban J connectivity index is 1.19. The maximum atomic E-state index is 2.33. The Hall–Kier alpha value is -4.94. The highest BCUT2D eigenvalue weighted by Crippen LogP contribution is 2.35. The van der Waals surface area contributed by atoms with Gasteiger partial charge in [0.25, 0.3) is 0 Å². The minimum absolute atomic E-state index is 1.24. The highest BCUT2D eigenvalue weighted by atomic mass is 14.1. The zero-order valence-electron chi connectivity index (χ0n) is 20.9. The quantitative estimate of drug-likeness (QED) is 0.216. The SMILES string of the molecule is c1ccc2c(c1)ccc1cc(-c3ccc(-c4ccc5c(ccc6ccc7ccccc7c65)c4)cc3)ccc12. The van der Waals surface area contributed by atoms with Crippen molar-refractivity contribution in [2.45, 2.75) is 0 Å². The summed E-state index contributed by atoms with van der Waals surface area (Å²) >= 11 is 0. The predicted molar refractivity (Wildman–Crippen MR) is 165 cm³/mol. The van der Waals surface area contributed by atoms with Crippen LogP contribution < -0.4 is 0 Å². The van der Waals surface area contributed by atoms with Crippen LogP contribution in [0, 0.1) is 0 Å². The molecule has 0 saturated carbocycles. The molecule has 0 heteroatoms. The van der Waals surface area contributed by atoms with Crippen LogP contribution in [-0.4, -0.2) is 0 Å². The molecule has 0 aliphatic rings. The molecule has 8 aromatic rings. The lowest BCUT2D eigenvalue weighted by Crippen LogP contribution is -1.84. The summed E-state index contributed by atoms with van der Waals surface area (Å²) in [4.78, 5) is 0. The molecule has 8 rings (SSSR count). The van der Waals surface area contributed by atoms with Crippen molar-refractivity contribution >= 4 is 53.9 Å². The summed E-state index contributed by atoms with van der Waals surface area (Å²) in [5.74, 6) is 0. The summed E-state index contributed by atoms with van der Waals surface area (Å²) in [6, 6.07) is 53.4. The molecule has 176 valence electrons. The second kappa shape index (κ2) is 8.30. The molecule has 0 saturated heterocycles. The van der Waals surface area contributed by atoms with Gasteiger partial charge in [0.2, 0.25) is 0 Å². The van der Waals surface area contributed by atoms with E-state index in [1.165, 1.54) is 76.1 Å². The predicted octanol–water partition coefficient (Wildman–Crippen LogP) is 10.8. The summed E-state index contributed by atoms with van der Waals surface area (Å²) in [5.41, 5.74) is 4.97. The third-order valence-corrected chi connectivity index (χ3v) is 8.02. The third-order valence-electron chi connectivity index (χ3n) is 8.02. The van der Waals surface area contributed by atoms with Crippen LogP contribution in [0.25, 0.3) is 76.1 Å². The Morgan fingerprint density at radius 2 is 0.632 bits per heavy atom. The van der Waals surface area contributed by atoms with Crippen molar-refractivity contribution in [1.29, 1.82) is 0 Å². The largest absolute Gasteiger partial charge is 0.0616 e. The fourth-order valence-corrected chi connectivity index (χ4v) is 6.06. The van der Waals surface area contributed by atoms with Gasteiger partial charge in [-0.05, 0) is 88.2 Å². The Morgan fingerprint density at radius 3 is 1.29 bits per heavy atom. The van der Waals surface area contributed by atoms with Crippen LogP contribution in [0.4, 0.5) is 0 Å². The molecule has 0 amide bonds. The average molecular weight is 481 g/mol. The molecule has 0 aromatic heterocycles. The van der Waals surface area contributed by atoms with Crippen molar-refractivity contribution in [2.75, 3.05) is 0 Å². The van der Waals surface area contributed by atoms with Crippen LogP contribution in [-0.2, 0) is 0 Å². The van der Waals surface area contributed by atoms with Gasteiger partial charge in [0.1, 0.15) is 0 Å². The van der Waals surface area contributed by atoms with E-state index in [0.29, 0.717) is 0 Å². The maximum absolute atomic E-state index is 2.33. The molecule has 0 fully saturated rings. The molecular formula is C38H24. The van der Waals surface area contributed by atoms with Gasteiger partial charge < -0.3 is 0 Å². The fourth-order valence-electron chi connectivity index (χ4n) is 6.06. The van der Waals surface area contributed by atoms with E-state index in [9.17, 15) is 0 Å². The zero-order chi connectivity index (χ0) is 25.1. The van der Waals surface area contributed by atoms with Gasteiger partial charge in [0, 0.05) is 0 Å². The molecule has 0 N–H and O–H groups in total.